The summed E-state index contributed by atoms with van der Waals surface area (Å²) in [5, 5.41) is 0. The number of nitrogens with two attached hydrogens (primary N) is 1. The fraction of sp³-hybridized carbons (Fsp3) is 1.00. The van der Waals surface area contributed by atoms with Crippen molar-refractivity contribution in [1.29, 1.82) is 0 Å². The smallest absolute Gasteiger partial charge is 0.0673 e. The molecule has 2 unspecified atom stereocenters. The normalized spacial score (nSPS) is 28.4. The van der Waals surface area contributed by atoms with E-state index in [9.17, 15) is 0 Å². The Bertz CT molecular complexity index is 182. The Kier molecular flexibility index (Phi) is 5.03. The van der Waals surface area contributed by atoms with Gasteiger partial charge in [-0.1, -0.05) is 13.3 Å². The molecule has 90 valence electrons. The minimum absolute atomic E-state index is 0.0428. The molecule has 1 heterocycles. The van der Waals surface area contributed by atoms with E-state index in [1.54, 1.807) is 0 Å². The SMILES string of the molecule is CCCC(C)(N)CN1CCCOC(C)C1. The molecule has 0 aromatic heterocycles. The van der Waals surface area contributed by atoms with Gasteiger partial charge in [-0.25, -0.2) is 0 Å². The number of rotatable bonds is 4. The van der Waals surface area contributed by atoms with Crippen molar-refractivity contribution in [3.05, 3.63) is 0 Å². The molecule has 0 bridgehead atoms. The Morgan fingerprint density at radius 2 is 2.27 bits per heavy atom. The van der Waals surface area contributed by atoms with E-state index in [2.05, 4.69) is 25.7 Å². The standard InChI is InChI=1S/C12H26N2O/c1-4-6-12(3,13)10-14-7-5-8-15-11(2)9-14/h11H,4-10,13H2,1-3H3. The lowest BCUT2D eigenvalue weighted by Gasteiger charge is -2.32. The molecule has 0 aromatic carbocycles. The largest absolute Gasteiger partial charge is 0.377 e. The van der Waals surface area contributed by atoms with Gasteiger partial charge < -0.3 is 10.5 Å². The topological polar surface area (TPSA) is 38.5 Å². The highest BCUT2D eigenvalue weighted by Gasteiger charge is 2.23. The number of nitrogens with zero attached hydrogens (tertiary/aromatic N) is 1. The van der Waals surface area contributed by atoms with Crippen LogP contribution >= 0.6 is 0 Å². The van der Waals surface area contributed by atoms with E-state index >= 15 is 0 Å². The van der Waals surface area contributed by atoms with Crippen molar-refractivity contribution in [3.8, 4) is 0 Å². The molecule has 3 nitrogen and oxygen atoms in total. The summed E-state index contributed by atoms with van der Waals surface area (Å²) < 4.78 is 5.63. The minimum atomic E-state index is -0.0428. The zero-order valence-corrected chi connectivity index (χ0v) is 10.5. The van der Waals surface area contributed by atoms with Crippen LogP contribution in [-0.2, 0) is 4.74 Å². The molecule has 1 rings (SSSR count). The lowest BCUT2D eigenvalue weighted by molar-refractivity contribution is 0.0645. The lowest BCUT2D eigenvalue weighted by atomic mass is 9.96. The maximum absolute atomic E-state index is 6.27. The predicted octanol–water partition coefficient (Wildman–Crippen LogP) is 1.61. The predicted molar refractivity (Wildman–Crippen MR) is 64.0 cm³/mol. The third-order valence-corrected chi connectivity index (χ3v) is 2.94. The van der Waals surface area contributed by atoms with Gasteiger partial charge in [0.05, 0.1) is 6.10 Å². The van der Waals surface area contributed by atoms with Crippen LogP contribution in [0.2, 0.25) is 0 Å². The van der Waals surface area contributed by atoms with Gasteiger partial charge in [0.25, 0.3) is 0 Å². The van der Waals surface area contributed by atoms with Gasteiger partial charge in [-0.3, -0.25) is 4.90 Å². The van der Waals surface area contributed by atoms with Gasteiger partial charge in [0, 0.05) is 31.8 Å². The van der Waals surface area contributed by atoms with Gasteiger partial charge in [0.2, 0.25) is 0 Å². The molecule has 1 fully saturated rings. The van der Waals surface area contributed by atoms with Crippen LogP contribution in [0, 0.1) is 0 Å². The fourth-order valence-corrected chi connectivity index (χ4v) is 2.38. The Morgan fingerprint density at radius 1 is 1.53 bits per heavy atom. The van der Waals surface area contributed by atoms with E-state index in [1.165, 1.54) is 0 Å². The van der Waals surface area contributed by atoms with Crippen molar-refractivity contribution in [2.75, 3.05) is 26.2 Å². The minimum Gasteiger partial charge on any atom is -0.377 e. The van der Waals surface area contributed by atoms with Gasteiger partial charge in [-0.2, -0.15) is 0 Å². The van der Waals surface area contributed by atoms with Crippen LogP contribution in [0.25, 0.3) is 0 Å². The molecule has 0 amide bonds. The zero-order chi connectivity index (χ0) is 11.3. The molecule has 0 saturated carbocycles. The maximum Gasteiger partial charge on any atom is 0.0673 e. The first-order valence-electron chi connectivity index (χ1n) is 6.16. The van der Waals surface area contributed by atoms with Crippen molar-refractivity contribution in [2.45, 2.75) is 51.7 Å². The second-order valence-corrected chi connectivity index (χ2v) is 5.17. The van der Waals surface area contributed by atoms with Gasteiger partial charge in [-0.05, 0) is 26.7 Å². The van der Waals surface area contributed by atoms with Crippen LogP contribution < -0.4 is 5.73 Å². The molecule has 15 heavy (non-hydrogen) atoms. The average Bonchev–Trinajstić information content (AvgIpc) is 2.28. The van der Waals surface area contributed by atoms with Crippen LogP contribution in [0.15, 0.2) is 0 Å². The highest BCUT2D eigenvalue weighted by molar-refractivity contribution is 4.83. The summed E-state index contributed by atoms with van der Waals surface area (Å²) in [6.45, 7) is 10.5. The average molecular weight is 214 g/mol. The molecule has 3 heteroatoms. The Balaban J connectivity index is 2.41. The van der Waals surface area contributed by atoms with E-state index < -0.39 is 0 Å². The zero-order valence-electron chi connectivity index (χ0n) is 10.5. The van der Waals surface area contributed by atoms with E-state index in [0.29, 0.717) is 6.10 Å². The molecule has 0 aliphatic carbocycles. The third-order valence-electron chi connectivity index (χ3n) is 2.94. The Morgan fingerprint density at radius 3 is 2.93 bits per heavy atom. The van der Waals surface area contributed by atoms with Crippen LogP contribution in [0.3, 0.4) is 0 Å². The van der Waals surface area contributed by atoms with E-state index in [0.717, 1.165) is 45.5 Å². The van der Waals surface area contributed by atoms with Crippen molar-refractivity contribution in [3.63, 3.8) is 0 Å². The molecular weight excluding hydrogens is 188 g/mol. The summed E-state index contributed by atoms with van der Waals surface area (Å²) in [5.41, 5.74) is 6.23. The monoisotopic (exact) mass is 214 g/mol. The van der Waals surface area contributed by atoms with Crippen LogP contribution in [-0.4, -0.2) is 42.8 Å². The Hall–Kier alpha value is -0.120. The first-order valence-corrected chi connectivity index (χ1v) is 6.16. The second-order valence-electron chi connectivity index (χ2n) is 5.17. The summed E-state index contributed by atoms with van der Waals surface area (Å²) >= 11 is 0. The molecular formula is C12H26N2O. The molecule has 2 N–H and O–H groups in total. The van der Waals surface area contributed by atoms with Gasteiger partial charge in [-0.15, -0.1) is 0 Å². The highest BCUT2D eigenvalue weighted by Crippen LogP contribution is 2.13. The lowest BCUT2D eigenvalue weighted by Crippen LogP contribution is -2.49. The van der Waals surface area contributed by atoms with Crippen molar-refractivity contribution in [1.82, 2.24) is 4.90 Å². The second kappa shape index (κ2) is 5.83. The molecule has 0 radical (unpaired) electrons. The molecule has 0 spiro atoms. The molecule has 1 aliphatic rings. The number of hydrogen-bond acceptors (Lipinski definition) is 3. The highest BCUT2D eigenvalue weighted by atomic mass is 16.5. The number of hydrogen-bond donors (Lipinski definition) is 1. The maximum atomic E-state index is 6.27. The van der Waals surface area contributed by atoms with E-state index in [1.807, 2.05) is 0 Å². The molecule has 0 aromatic rings. The van der Waals surface area contributed by atoms with Gasteiger partial charge >= 0.3 is 0 Å². The summed E-state index contributed by atoms with van der Waals surface area (Å²) in [6, 6.07) is 0. The fourth-order valence-electron chi connectivity index (χ4n) is 2.38. The quantitative estimate of drug-likeness (QED) is 0.773. The van der Waals surface area contributed by atoms with Gasteiger partial charge in [0.15, 0.2) is 0 Å². The molecule has 1 saturated heterocycles. The van der Waals surface area contributed by atoms with E-state index in [-0.39, 0.29) is 5.54 Å². The van der Waals surface area contributed by atoms with Crippen LogP contribution in [0.1, 0.15) is 40.0 Å². The number of ether oxygens (including phenoxy) is 1. The summed E-state index contributed by atoms with van der Waals surface area (Å²) in [6.07, 6.45) is 3.74. The van der Waals surface area contributed by atoms with E-state index in [4.69, 9.17) is 10.5 Å². The summed E-state index contributed by atoms with van der Waals surface area (Å²) in [5.74, 6) is 0. The van der Waals surface area contributed by atoms with Crippen molar-refractivity contribution < 1.29 is 4.74 Å². The molecule has 1 aliphatic heterocycles. The summed E-state index contributed by atoms with van der Waals surface area (Å²) in [4.78, 5) is 2.45. The Labute approximate surface area is 94.0 Å². The van der Waals surface area contributed by atoms with Crippen molar-refractivity contribution >= 4 is 0 Å². The first kappa shape index (κ1) is 12.9. The summed E-state index contributed by atoms with van der Waals surface area (Å²) in [7, 11) is 0. The molecule has 2 atom stereocenters. The first-order chi connectivity index (χ1) is 7.03. The van der Waals surface area contributed by atoms with Crippen LogP contribution in [0.5, 0.6) is 0 Å². The van der Waals surface area contributed by atoms with Crippen LogP contribution in [0.4, 0.5) is 0 Å². The van der Waals surface area contributed by atoms with Gasteiger partial charge in [0.1, 0.15) is 0 Å². The third kappa shape index (κ3) is 4.96. The van der Waals surface area contributed by atoms with Crippen molar-refractivity contribution in [2.24, 2.45) is 5.73 Å².